The molecule has 3 unspecified atom stereocenters. The standard InChI is InChI=1S/C16H26N2O2/c1-10-14(19)17-13(11-7-8-11)15(20)18(10)12-6-4-5-9-16(12,2)3/h10-13H,4-9H2,1-3H3,(H,17,19). The normalized spacial score (nSPS) is 37.8. The van der Waals surface area contributed by atoms with Crippen molar-refractivity contribution in [1.29, 1.82) is 0 Å². The Balaban J connectivity index is 1.87. The molecule has 3 atom stereocenters. The maximum absolute atomic E-state index is 12.9. The SMILES string of the molecule is CC1C(=O)NC(C2CC2)C(=O)N1C1CCCCC1(C)C. The maximum atomic E-state index is 12.9. The van der Waals surface area contributed by atoms with Crippen molar-refractivity contribution in [2.45, 2.75) is 77.4 Å². The minimum absolute atomic E-state index is 0.0304. The van der Waals surface area contributed by atoms with Gasteiger partial charge in [-0.3, -0.25) is 9.59 Å². The van der Waals surface area contributed by atoms with Crippen LogP contribution in [0.2, 0.25) is 0 Å². The molecular formula is C16H26N2O2. The summed E-state index contributed by atoms with van der Waals surface area (Å²) in [6, 6.07) is -0.359. The molecule has 1 N–H and O–H groups in total. The molecule has 4 nitrogen and oxygen atoms in total. The van der Waals surface area contributed by atoms with Gasteiger partial charge in [-0.15, -0.1) is 0 Å². The van der Waals surface area contributed by atoms with Gasteiger partial charge in [0.2, 0.25) is 11.8 Å². The molecule has 112 valence electrons. The third kappa shape index (κ3) is 2.23. The van der Waals surface area contributed by atoms with Gasteiger partial charge < -0.3 is 10.2 Å². The van der Waals surface area contributed by atoms with E-state index in [0.717, 1.165) is 25.7 Å². The van der Waals surface area contributed by atoms with Crippen LogP contribution in [0.1, 0.15) is 59.3 Å². The van der Waals surface area contributed by atoms with Gasteiger partial charge in [-0.25, -0.2) is 0 Å². The lowest BCUT2D eigenvalue weighted by Crippen LogP contribution is -2.67. The van der Waals surface area contributed by atoms with E-state index in [1.165, 1.54) is 12.8 Å². The van der Waals surface area contributed by atoms with Crippen LogP contribution in [0.3, 0.4) is 0 Å². The second kappa shape index (κ2) is 4.74. The van der Waals surface area contributed by atoms with Crippen molar-refractivity contribution in [3.05, 3.63) is 0 Å². The summed E-state index contributed by atoms with van der Waals surface area (Å²) in [6.07, 6.45) is 6.73. The predicted octanol–water partition coefficient (Wildman–Crippen LogP) is 2.08. The Morgan fingerprint density at radius 3 is 2.45 bits per heavy atom. The molecule has 3 aliphatic rings. The smallest absolute Gasteiger partial charge is 0.246 e. The van der Waals surface area contributed by atoms with Crippen molar-refractivity contribution in [2.75, 3.05) is 0 Å². The lowest BCUT2D eigenvalue weighted by molar-refractivity contribution is -0.156. The van der Waals surface area contributed by atoms with Gasteiger partial charge in [0.25, 0.3) is 0 Å². The summed E-state index contributed by atoms with van der Waals surface area (Å²) in [4.78, 5) is 27.0. The van der Waals surface area contributed by atoms with Gasteiger partial charge in [-0.1, -0.05) is 26.7 Å². The Hall–Kier alpha value is -1.06. The van der Waals surface area contributed by atoms with Crippen LogP contribution in [0.25, 0.3) is 0 Å². The van der Waals surface area contributed by atoms with Crippen molar-refractivity contribution in [1.82, 2.24) is 10.2 Å². The molecule has 2 amide bonds. The van der Waals surface area contributed by atoms with E-state index in [4.69, 9.17) is 0 Å². The zero-order valence-corrected chi connectivity index (χ0v) is 12.8. The van der Waals surface area contributed by atoms with Crippen LogP contribution in [0.15, 0.2) is 0 Å². The topological polar surface area (TPSA) is 49.4 Å². The largest absolute Gasteiger partial charge is 0.342 e. The minimum atomic E-state index is -0.320. The highest BCUT2D eigenvalue weighted by molar-refractivity contribution is 5.97. The van der Waals surface area contributed by atoms with Crippen LogP contribution in [0.5, 0.6) is 0 Å². The zero-order chi connectivity index (χ0) is 14.5. The van der Waals surface area contributed by atoms with Gasteiger partial charge in [0.05, 0.1) is 0 Å². The van der Waals surface area contributed by atoms with Crippen LogP contribution in [-0.2, 0) is 9.59 Å². The number of piperazine rings is 1. The number of hydrogen-bond donors (Lipinski definition) is 1. The molecule has 0 aromatic heterocycles. The van der Waals surface area contributed by atoms with Crippen molar-refractivity contribution >= 4 is 11.8 Å². The third-order valence-electron chi connectivity index (χ3n) is 5.49. The molecule has 4 heteroatoms. The fourth-order valence-electron chi connectivity index (χ4n) is 3.98. The van der Waals surface area contributed by atoms with Crippen LogP contribution >= 0.6 is 0 Å². The number of amides is 2. The van der Waals surface area contributed by atoms with E-state index < -0.39 is 0 Å². The van der Waals surface area contributed by atoms with E-state index >= 15 is 0 Å². The first kappa shape index (κ1) is 13.9. The molecule has 1 aliphatic heterocycles. The Labute approximate surface area is 121 Å². The predicted molar refractivity (Wildman–Crippen MR) is 77.0 cm³/mol. The fourth-order valence-corrected chi connectivity index (χ4v) is 3.98. The lowest BCUT2D eigenvalue weighted by Gasteiger charge is -2.50. The van der Waals surface area contributed by atoms with Gasteiger partial charge in [-0.2, -0.15) is 0 Å². The molecule has 1 saturated heterocycles. The second-order valence-corrected chi connectivity index (χ2v) is 7.50. The van der Waals surface area contributed by atoms with E-state index in [0.29, 0.717) is 5.92 Å². The molecule has 2 aliphatic carbocycles. The highest BCUT2D eigenvalue weighted by atomic mass is 16.2. The fraction of sp³-hybridized carbons (Fsp3) is 0.875. The Bertz CT molecular complexity index is 428. The first-order valence-corrected chi connectivity index (χ1v) is 8.04. The molecule has 0 spiro atoms. The summed E-state index contributed by atoms with van der Waals surface area (Å²) < 4.78 is 0. The number of hydrogen-bond acceptors (Lipinski definition) is 2. The van der Waals surface area contributed by atoms with Gasteiger partial charge in [0, 0.05) is 6.04 Å². The van der Waals surface area contributed by atoms with Crippen LogP contribution in [0, 0.1) is 11.3 Å². The molecule has 0 radical (unpaired) electrons. The first-order chi connectivity index (χ1) is 9.42. The average molecular weight is 278 g/mol. The van der Waals surface area contributed by atoms with Gasteiger partial charge in [0.15, 0.2) is 0 Å². The summed E-state index contributed by atoms with van der Waals surface area (Å²) in [5.41, 5.74) is 0.119. The van der Waals surface area contributed by atoms with E-state index in [-0.39, 0.29) is 35.4 Å². The summed E-state index contributed by atoms with van der Waals surface area (Å²) in [6.45, 7) is 6.37. The number of carbonyl (C=O) groups is 2. The molecule has 2 saturated carbocycles. The number of nitrogens with one attached hydrogen (secondary N) is 1. The van der Waals surface area contributed by atoms with Gasteiger partial charge in [0.1, 0.15) is 12.1 Å². The molecule has 1 heterocycles. The molecule has 0 aromatic carbocycles. The Morgan fingerprint density at radius 2 is 1.85 bits per heavy atom. The van der Waals surface area contributed by atoms with Gasteiger partial charge in [-0.05, 0) is 43.9 Å². The summed E-state index contributed by atoms with van der Waals surface area (Å²) in [7, 11) is 0. The van der Waals surface area contributed by atoms with Crippen LogP contribution in [0.4, 0.5) is 0 Å². The van der Waals surface area contributed by atoms with E-state index in [1.54, 1.807) is 0 Å². The highest BCUT2D eigenvalue weighted by Crippen LogP contribution is 2.42. The van der Waals surface area contributed by atoms with Crippen LogP contribution < -0.4 is 5.32 Å². The molecule has 0 bridgehead atoms. The van der Waals surface area contributed by atoms with Crippen molar-refractivity contribution in [3.63, 3.8) is 0 Å². The summed E-state index contributed by atoms with van der Waals surface area (Å²) >= 11 is 0. The molecule has 3 fully saturated rings. The third-order valence-corrected chi connectivity index (χ3v) is 5.49. The van der Waals surface area contributed by atoms with Crippen LogP contribution in [-0.4, -0.2) is 34.8 Å². The zero-order valence-electron chi connectivity index (χ0n) is 12.8. The Morgan fingerprint density at radius 1 is 1.15 bits per heavy atom. The number of nitrogens with zero attached hydrogens (tertiary/aromatic N) is 1. The minimum Gasteiger partial charge on any atom is -0.342 e. The monoisotopic (exact) mass is 278 g/mol. The lowest BCUT2D eigenvalue weighted by atomic mass is 9.71. The highest BCUT2D eigenvalue weighted by Gasteiger charge is 2.50. The molecular weight excluding hydrogens is 252 g/mol. The average Bonchev–Trinajstić information content (AvgIpc) is 3.20. The van der Waals surface area contributed by atoms with Gasteiger partial charge >= 0.3 is 0 Å². The van der Waals surface area contributed by atoms with Crippen molar-refractivity contribution in [2.24, 2.45) is 11.3 Å². The molecule has 20 heavy (non-hydrogen) atoms. The number of rotatable bonds is 2. The first-order valence-electron chi connectivity index (χ1n) is 8.04. The molecule has 3 rings (SSSR count). The quantitative estimate of drug-likeness (QED) is 0.840. The van der Waals surface area contributed by atoms with E-state index in [9.17, 15) is 9.59 Å². The summed E-state index contributed by atoms with van der Waals surface area (Å²) in [5.74, 6) is 0.579. The van der Waals surface area contributed by atoms with Crippen molar-refractivity contribution < 1.29 is 9.59 Å². The Kier molecular flexibility index (Phi) is 3.30. The second-order valence-electron chi connectivity index (χ2n) is 7.50. The number of carbonyl (C=O) groups excluding carboxylic acids is 2. The van der Waals surface area contributed by atoms with E-state index in [1.807, 2.05) is 11.8 Å². The van der Waals surface area contributed by atoms with Crippen molar-refractivity contribution in [3.8, 4) is 0 Å². The molecule has 0 aromatic rings. The van der Waals surface area contributed by atoms with E-state index in [2.05, 4.69) is 19.2 Å². The maximum Gasteiger partial charge on any atom is 0.246 e. The summed E-state index contributed by atoms with van der Waals surface area (Å²) in [5, 5.41) is 2.94.